The van der Waals surface area contributed by atoms with Gasteiger partial charge < -0.3 is 9.64 Å². The first kappa shape index (κ1) is 23.0. The summed E-state index contributed by atoms with van der Waals surface area (Å²) in [4.78, 5) is 35.6. The van der Waals surface area contributed by atoms with Gasteiger partial charge >= 0.3 is 12.1 Å². The van der Waals surface area contributed by atoms with Crippen LogP contribution in [0.3, 0.4) is 0 Å². The van der Waals surface area contributed by atoms with E-state index in [1.165, 1.54) is 6.20 Å². The van der Waals surface area contributed by atoms with Crippen LogP contribution in [-0.4, -0.2) is 45.2 Å². The van der Waals surface area contributed by atoms with E-state index in [0.29, 0.717) is 34.1 Å². The van der Waals surface area contributed by atoms with Crippen LogP contribution in [0.5, 0.6) is 0 Å². The summed E-state index contributed by atoms with van der Waals surface area (Å²) in [6.07, 6.45) is 6.02. The topological polar surface area (TPSA) is 96.5 Å². The lowest BCUT2D eigenvalue weighted by Crippen LogP contribution is -2.37. The molecule has 3 aromatic rings. The highest BCUT2D eigenvalue weighted by atomic mass is 19.1. The lowest BCUT2D eigenvalue weighted by atomic mass is 9.86. The van der Waals surface area contributed by atoms with Gasteiger partial charge in [-0.1, -0.05) is 0 Å². The summed E-state index contributed by atoms with van der Waals surface area (Å²) >= 11 is 0. The molecule has 8 nitrogen and oxygen atoms in total. The number of fused-ring (bicyclic) bond motifs is 2. The van der Waals surface area contributed by atoms with E-state index in [2.05, 4.69) is 20.6 Å². The molecule has 3 aliphatic rings. The molecule has 6 rings (SSSR count). The SMILES string of the molecule is Cc1ccncc1-c1cc2cc(NC(=O)N3CC4CC3C4)ncc2c(NC(=O)OC(C)(C)C)c1F. The zero-order valence-corrected chi connectivity index (χ0v) is 20.2. The smallest absolute Gasteiger partial charge is 0.412 e. The minimum atomic E-state index is -0.775. The second-order valence-electron chi connectivity index (χ2n) is 10.3. The summed E-state index contributed by atoms with van der Waals surface area (Å²) in [5, 5.41) is 6.42. The van der Waals surface area contributed by atoms with Crippen molar-refractivity contribution in [2.24, 2.45) is 5.92 Å². The molecule has 4 heterocycles. The number of hydrogen-bond acceptors (Lipinski definition) is 5. The maximum absolute atomic E-state index is 15.8. The van der Waals surface area contributed by atoms with E-state index in [4.69, 9.17) is 4.74 Å². The largest absolute Gasteiger partial charge is 0.444 e. The Morgan fingerprint density at radius 3 is 2.57 bits per heavy atom. The van der Waals surface area contributed by atoms with Crippen LogP contribution in [-0.2, 0) is 4.74 Å². The van der Waals surface area contributed by atoms with E-state index >= 15 is 4.39 Å². The average Bonchev–Trinajstić information content (AvgIpc) is 3.36. The third kappa shape index (κ3) is 4.50. The van der Waals surface area contributed by atoms with E-state index in [-0.39, 0.29) is 17.3 Å². The number of halogens is 1. The Kier molecular flexibility index (Phi) is 5.57. The van der Waals surface area contributed by atoms with Gasteiger partial charge in [-0.15, -0.1) is 0 Å². The van der Waals surface area contributed by atoms with Crippen LogP contribution in [0, 0.1) is 18.7 Å². The fourth-order valence-electron chi connectivity index (χ4n) is 4.77. The number of benzene rings is 1. The lowest BCUT2D eigenvalue weighted by molar-refractivity contribution is 0.0635. The van der Waals surface area contributed by atoms with Crippen molar-refractivity contribution in [1.82, 2.24) is 14.9 Å². The van der Waals surface area contributed by atoms with E-state index < -0.39 is 17.5 Å². The van der Waals surface area contributed by atoms with Crippen molar-refractivity contribution >= 4 is 34.4 Å². The van der Waals surface area contributed by atoms with Gasteiger partial charge in [0.15, 0.2) is 5.82 Å². The minimum absolute atomic E-state index is 0.0410. The van der Waals surface area contributed by atoms with Crippen LogP contribution < -0.4 is 10.6 Å². The van der Waals surface area contributed by atoms with Crippen molar-refractivity contribution in [1.29, 1.82) is 0 Å². The molecule has 0 atom stereocenters. The molecule has 0 spiro atoms. The standard InChI is InChI=1S/C26H28FN5O3/c1-14-5-6-28-11-19(14)18-9-16-10-21(30-24(33)32-13-15-7-17(32)8-15)29-12-20(16)23(22(18)27)31-25(34)35-26(2,3)4/h5-6,9-12,15,17H,7-8,13H2,1-4H3,(H,31,34)(H,29,30,33). The van der Waals surface area contributed by atoms with Crippen molar-refractivity contribution in [2.75, 3.05) is 17.2 Å². The van der Waals surface area contributed by atoms with Crippen molar-refractivity contribution in [3.8, 4) is 11.1 Å². The maximum Gasteiger partial charge on any atom is 0.412 e. The van der Waals surface area contributed by atoms with Crippen molar-refractivity contribution in [3.63, 3.8) is 0 Å². The van der Waals surface area contributed by atoms with Crippen LogP contribution in [0.1, 0.15) is 39.2 Å². The number of anilines is 2. The number of aryl methyl sites for hydroxylation is 1. The normalized spacial score (nSPS) is 18.8. The second-order valence-corrected chi connectivity index (χ2v) is 10.3. The van der Waals surface area contributed by atoms with Crippen molar-refractivity contribution < 1.29 is 18.7 Å². The molecule has 0 unspecified atom stereocenters. The molecule has 1 saturated carbocycles. The van der Waals surface area contributed by atoms with Gasteiger partial charge in [-0.25, -0.2) is 19.0 Å². The predicted molar refractivity (Wildman–Crippen MR) is 132 cm³/mol. The quantitative estimate of drug-likeness (QED) is 0.503. The predicted octanol–water partition coefficient (Wildman–Crippen LogP) is 5.72. The summed E-state index contributed by atoms with van der Waals surface area (Å²) < 4.78 is 21.2. The Bertz CT molecular complexity index is 1330. The van der Waals surface area contributed by atoms with Gasteiger partial charge in [0.25, 0.3) is 0 Å². The molecular weight excluding hydrogens is 449 g/mol. The highest BCUT2D eigenvalue weighted by molar-refractivity contribution is 6.04. The van der Waals surface area contributed by atoms with Gasteiger partial charge in [0.2, 0.25) is 0 Å². The third-order valence-corrected chi connectivity index (χ3v) is 6.52. The summed E-state index contributed by atoms with van der Waals surface area (Å²) in [5.41, 5.74) is 0.911. The van der Waals surface area contributed by atoms with Crippen LogP contribution in [0.25, 0.3) is 21.9 Å². The molecule has 1 aromatic carbocycles. The highest BCUT2D eigenvalue weighted by Crippen LogP contribution is 2.41. The second kappa shape index (κ2) is 8.48. The first-order chi connectivity index (χ1) is 16.6. The molecule has 2 saturated heterocycles. The number of hydrogen-bond donors (Lipinski definition) is 2. The summed E-state index contributed by atoms with van der Waals surface area (Å²) in [7, 11) is 0. The van der Waals surface area contributed by atoms with Crippen LogP contribution in [0.2, 0.25) is 0 Å². The fourth-order valence-corrected chi connectivity index (χ4v) is 4.77. The number of ether oxygens (including phenoxy) is 1. The maximum atomic E-state index is 15.8. The summed E-state index contributed by atoms with van der Waals surface area (Å²) in [6, 6.07) is 5.28. The Morgan fingerprint density at radius 1 is 1.14 bits per heavy atom. The zero-order chi connectivity index (χ0) is 24.9. The zero-order valence-electron chi connectivity index (χ0n) is 20.2. The molecular formula is C26H28FN5O3. The molecule has 9 heteroatoms. The van der Waals surface area contributed by atoms with Gasteiger partial charge in [0.05, 0.1) is 5.69 Å². The van der Waals surface area contributed by atoms with Gasteiger partial charge in [-0.05, 0) is 75.6 Å². The Balaban J connectivity index is 1.55. The van der Waals surface area contributed by atoms with Crippen molar-refractivity contribution in [3.05, 3.63) is 48.2 Å². The molecule has 35 heavy (non-hydrogen) atoms. The number of nitrogens with zero attached hydrogens (tertiary/aromatic N) is 3. The molecule has 182 valence electrons. The molecule has 2 bridgehead atoms. The number of carbonyl (C=O) groups is 2. The number of amides is 3. The van der Waals surface area contributed by atoms with Crippen LogP contribution in [0.4, 0.5) is 25.5 Å². The van der Waals surface area contributed by atoms with Gasteiger partial charge in [0, 0.05) is 47.7 Å². The number of carbonyl (C=O) groups excluding carboxylic acids is 2. The van der Waals surface area contributed by atoms with Crippen LogP contribution in [0.15, 0.2) is 36.8 Å². The molecule has 2 aliphatic heterocycles. The highest BCUT2D eigenvalue weighted by Gasteiger charge is 2.45. The Morgan fingerprint density at radius 2 is 1.91 bits per heavy atom. The van der Waals surface area contributed by atoms with E-state index in [1.54, 1.807) is 51.4 Å². The number of aromatic nitrogens is 2. The van der Waals surface area contributed by atoms with Gasteiger partial charge in [0.1, 0.15) is 11.4 Å². The van der Waals surface area contributed by atoms with Crippen molar-refractivity contribution in [2.45, 2.75) is 52.2 Å². The Hall–Kier alpha value is -3.75. The number of rotatable bonds is 3. The number of urea groups is 1. The molecule has 3 amide bonds. The lowest BCUT2D eigenvalue weighted by Gasteiger charge is -2.25. The summed E-state index contributed by atoms with van der Waals surface area (Å²) in [6.45, 7) is 7.83. The minimum Gasteiger partial charge on any atom is -0.444 e. The number of pyridine rings is 2. The summed E-state index contributed by atoms with van der Waals surface area (Å²) in [5.74, 6) is 0.343. The fraction of sp³-hybridized carbons (Fsp3) is 0.385. The Labute approximate surface area is 202 Å². The first-order valence-corrected chi connectivity index (χ1v) is 11.7. The molecule has 2 aromatic heterocycles. The first-order valence-electron chi connectivity index (χ1n) is 11.7. The molecule has 3 fully saturated rings. The van der Waals surface area contributed by atoms with Gasteiger partial charge in [-0.3, -0.25) is 15.6 Å². The average molecular weight is 478 g/mol. The molecule has 2 N–H and O–H groups in total. The molecule has 1 aliphatic carbocycles. The monoisotopic (exact) mass is 477 g/mol. The number of nitrogens with one attached hydrogen (secondary N) is 2. The third-order valence-electron chi connectivity index (χ3n) is 6.52. The van der Waals surface area contributed by atoms with E-state index in [1.807, 2.05) is 11.8 Å². The van der Waals surface area contributed by atoms with Crippen LogP contribution >= 0.6 is 0 Å². The molecule has 0 radical (unpaired) electrons. The van der Waals surface area contributed by atoms with Gasteiger partial charge in [-0.2, -0.15) is 0 Å². The van der Waals surface area contributed by atoms with E-state index in [9.17, 15) is 9.59 Å². The van der Waals surface area contributed by atoms with E-state index in [0.717, 1.165) is 24.9 Å².